The van der Waals surface area contributed by atoms with E-state index in [4.69, 9.17) is 4.74 Å². The van der Waals surface area contributed by atoms with Crippen LogP contribution in [0.15, 0.2) is 103 Å². The van der Waals surface area contributed by atoms with Gasteiger partial charge in [0.05, 0.1) is 18.6 Å². The van der Waals surface area contributed by atoms with E-state index in [-0.39, 0.29) is 17.5 Å². The van der Waals surface area contributed by atoms with Gasteiger partial charge in [-0.3, -0.25) is 14.4 Å². The number of para-hydroxylation sites is 1. The van der Waals surface area contributed by atoms with E-state index in [1.54, 1.807) is 24.3 Å². The molecule has 7 rings (SSSR count). The Hall–Kier alpha value is -4.97. The number of hydrogen-bond donors (Lipinski definition) is 1. The summed E-state index contributed by atoms with van der Waals surface area (Å²) in [6, 6.07) is 28.5. The van der Waals surface area contributed by atoms with Gasteiger partial charge < -0.3 is 15.0 Å². The van der Waals surface area contributed by atoms with E-state index in [0.717, 1.165) is 28.7 Å². The van der Waals surface area contributed by atoms with E-state index >= 15 is 0 Å². The topological polar surface area (TPSA) is 75.7 Å². The van der Waals surface area contributed by atoms with Crippen molar-refractivity contribution in [3.8, 4) is 5.75 Å². The minimum Gasteiger partial charge on any atom is -0.494 e. The van der Waals surface area contributed by atoms with Crippen LogP contribution < -0.4 is 10.1 Å². The van der Waals surface area contributed by atoms with Crippen molar-refractivity contribution in [2.45, 2.75) is 37.8 Å². The second-order valence-electron chi connectivity index (χ2n) is 11.6. The monoisotopic (exact) mass is 568 g/mol. The predicted molar refractivity (Wildman–Crippen MR) is 166 cm³/mol. The third kappa shape index (κ3) is 4.04. The van der Waals surface area contributed by atoms with Crippen LogP contribution in [0.3, 0.4) is 0 Å². The number of ketones is 2. The maximum absolute atomic E-state index is 14.9. The van der Waals surface area contributed by atoms with E-state index < -0.39 is 23.4 Å². The number of fused-ring (bicyclic) bond motifs is 6. The Morgan fingerprint density at radius 1 is 0.860 bits per heavy atom. The zero-order valence-corrected chi connectivity index (χ0v) is 24.1. The summed E-state index contributed by atoms with van der Waals surface area (Å²) in [4.78, 5) is 46.1. The molecule has 1 saturated heterocycles. The van der Waals surface area contributed by atoms with Gasteiger partial charge in [-0.15, -0.1) is 0 Å². The Kier molecular flexibility index (Phi) is 6.50. The van der Waals surface area contributed by atoms with Crippen molar-refractivity contribution in [2.24, 2.45) is 5.92 Å². The summed E-state index contributed by atoms with van der Waals surface area (Å²) < 4.78 is 5.77. The van der Waals surface area contributed by atoms with Gasteiger partial charge in [0, 0.05) is 23.0 Å². The Morgan fingerprint density at radius 3 is 2.30 bits per heavy atom. The molecule has 1 spiro atoms. The fraction of sp³-hybridized carbons (Fsp3) is 0.216. The highest BCUT2D eigenvalue weighted by molar-refractivity contribution is 6.16. The standard InChI is InChI=1S/C37H32N2O4/c1-3-22-43-27-18-16-25(17-19-27)33(40)31-32(34(41)26-14-12-23(2)13-15-26)39-21-20-24-8-4-5-9-28(24)35(39)37(31)29-10-6-7-11-30(29)38-36(37)42/h4-21,31-32,35H,3,22H2,1-2H3,(H,38,42)/t31-,32+,35-,37+/m0/s1. The Morgan fingerprint density at radius 2 is 1.53 bits per heavy atom. The van der Waals surface area contributed by atoms with E-state index in [0.29, 0.717) is 29.2 Å². The average molecular weight is 569 g/mol. The van der Waals surface area contributed by atoms with Crippen molar-refractivity contribution in [3.05, 3.63) is 137 Å². The maximum Gasteiger partial charge on any atom is 0.238 e. The van der Waals surface area contributed by atoms with Crippen LogP contribution in [0.1, 0.15) is 62.4 Å². The summed E-state index contributed by atoms with van der Waals surface area (Å²) >= 11 is 0. The molecule has 1 amide bonds. The number of Topliss-reactive ketones (excluding diaryl/α,β-unsaturated/α-hetero) is 2. The van der Waals surface area contributed by atoms with Crippen LogP contribution in [0.25, 0.3) is 6.08 Å². The molecule has 43 heavy (non-hydrogen) atoms. The van der Waals surface area contributed by atoms with Crippen LogP contribution in [0.4, 0.5) is 5.69 Å². The molecule has 3 aliphatic rings. The molecule has 6 heteroatoms. The highest BCUT2D eigenvalue weighted by Crippen LogP contribution is 2.62. The van der Waals surface area contributed by atoms with Gasteiger partial charge in [-0.1, -0.05) is 79.2 Å². The molecular weight excluding hydrogens is 536 g/mol. The van der Waals surface area contributed by atoms with Gasteiger partial charge in [-0.2, -0.15) is 0 Å². The lowest BCUT2D eigenvalue weighted by Crippen LogP contribution is -2.49. The molecule has 4 atom stereocenters. The predicted octanol–water partition coefficient (Wildman–Crippen LogP) is 6.77. The number of nitrogens with zero attached hydrogens (tertiary/aromatic N) is 1. The zero-order valence-electron chi connectivity index (χ0n) is 24.1. The molecule has 1 N–H and O–H groups in total. The van der Waals surface area contributed by atoms with E-state index in [2.05, 4.69) is 5.32 Å². The van der Waals surface area contributed by atoms with E-state index in [9.17, 15) is 14.4 Å². The first kappa shape index (κ1) is 26.9. The number of benzene rings is 4. The van der Waals surface area contributed by atoms with Crippen molar-refractivity contribution < 1.29 is 19.1 Å². The fourth-order valence-electron chi connectivity index (χ4n) is 7.17. The maximum atomic E-state index is 14.9. The number of anilines is 1. The number of carbonyl (C=O) groups excluding carboxylic acids is 3. The van der Waals surface area contributed by atoms with Gasteiger partial charge in [0.25, 0.3) is 0 Å². The zero-order chi connectivity index (χ0) is 29.7. The van der Waals surface area contributed by atoms with Crippen molar-refractivity contribution in [2.75, 3.05) is 11.9 Å². The first-order valence-electron chi connectivity index (χ1n) is 14.8. The number of ether oxygens (including phenoxy) is 1. The first-order chi connectivity index (χ1) is 20.9. The third-order valence-corrected chi connectivity index (χ3v) is 9.07. The minimum atomic E-state index is -1.35. The normalized spacial score (nSPS) is 23.0. The van der Waals surface area contributed by atoms with Gasteiger partial charge in [0.15, 0.2) is 11.6 Å². The smallest absolute Gasteiger partial charge is 0.238 e. The summed E-state index contributed by atoms with van der Waals surface area (Å²) in [5, 5.41) is 3.10. The molecule has 6 nitrogen and oxygen atoms in total. The second kappa shape index (κ2) is 10.4. The summed E-state index contributed by atoms with van der Waals surface area (Å²) in [6.45, 7) is 4.58. The van der Waals surface area contributed by atoms with Gasteiger partial charge in [0.1, 0.15) is 17.2 Å². The van der Waals surface area contributed by atoms with Crippen molar-refractivity contribution >= 4 is 29.2 Å². The van der Waals surface area contributed by atoms with Crippen LogP contribution in [0, 0.1) is 12.8 Å². The van der Waals surface area contributed by atoms with Crippen LogP contribution >= 0.6 is 0 Å². The van der Waals surface area contributed by atoms with Crippen LogP contribution in [-0.4, -0.2) is 35.0 Å². The Bertz CT molecular complexity index is 1780. The molecule has 4 aromatic rings. The van der Waals surface area contributed by atoms with E-state index in [1.807, 2.05) is 104 Å². The van der Waals surface area contributed by atoms with Crippen molar-refractivity contribution in [1.82, 2.24) is 4.90 Å². The third-order valence-electron chi connectivity index (χ3n) is 9.07. The van der Waals surface area contributed by atoms with Gasteiger partial charge in [-0.05, 0) is 66.4 Å². The number of rotatable bonds is 7. The lowest BCUT2D eigenvalue weighted by atomic mass is 9.62. The van der Waals surface area contributed by atoms with Crippen molar-refractivity contribution in [1.29, 1.82) is 0 Å². The minimum absolute atomic E-state index is 0.190. The molecule has 0 unspecified atom stereocenters. The molecular formula is C37H32N2O4. The molecule has 4 aromatic carbocycles. The van der Waals surface area contributed by atoms with Gasteiger partial charge >= 0.3 is 0 Å². The number of carbonyl (C=O) groups is 3. The first-order valence-corrected chi connectivity index (χ1v) is 14.8. The molecule has 0 aromatic heterocycles. The Balaban J connectivity index is 1.47. The number of aryl methyl sites for hydroxylation is 1. The Labute approximate surface area is 251 Å². The summed E-state index contributed by atoms with van der Waals surface area (Å²) in [6.07, 6.45) is 4.74. The van der Waals surface area contributed by atoms with Crippen LogP contribution in [0.5, 0.6) is 5.75 Å². The molecule has 3 aliphatic heterocycles. The molecule has 214 valence electrons. The van der Waals surface area contributed by atoms with Crippen molar-refractivity contribution in [3.63, 3.8) is 0 Å². The molecule has 0 bridgehead atoms. The average Bonchev–Trinajstić information content (AvgIpc) is 3.52. The summed E-state index contributed by atoms with van der Waals surface area (Å²) in [7, 11) is 0. The highest BCUT2D eigenvalue weighted by atomic mass is 16.5. The molecule has 0 aliphatic carbocycles. The van der Waals surface area contributed by atoms with Crippen LogP contribution in [0.2, 0.25) is 0 Å². The fourth-order valence-corrected chi connectivity index (χ4v) is 7.17. The lowest BCUT2D eigenvalue weighted by molar-refractivity contribution is -0.122. The molecule has 0 radical (unpaired) electrons. The largest absolute Gasteiger partial charge is 0.494 e. The molecule has 0 saturated carbocycles. The van der Waals surface area contributed by atoms with Crippen LogP contribution in [-0.2, 0) is 10.2 Å². The molecule has 1 fully saturated rings. The van der Waals surface area contributed by atoms with Gasteiger partial charge in [-0.25, -0.2) is 0 Å². The number of hydrogen-bond acceptors (Lipinski definition) is 5. The quantitative estimate of drug-likeness (QED) is 0.249. The highest BCUT2D eigenvalue weighted by Gasteiger charge is 2.70. The summed E-state index contributed by atoms with van der Waals surface area (Å²) in [5.74, 6) is -1.04. The number of amides is 1. The van der Waals surface area contributed by atoms with Gasteiger partial charge in [0.2, 0.25) is 5.91 Å². The second-order valence-corrected chi connectivity index (χ2v) is 11.6. The molecule has 3 heterocycles. The van der Waals surface area contributed by atoms with E-state index in [1.165, 1.54) is 0 Å². The SMILES string of the molecule is CCCOc1ccc(C(=O)[C@@H]2[C@H](C(=O)c3ccc(C)cc3)N3C=Cc4ccccc4[C@H]3[C@]23C(=O)Nc2ccccc23)cc1. The number of nitrogens with one attached hydrogen (secondary N) is 1. The summed E-state index contributed by atoms with van der Waals surface area (Å²) in [5.41, 5.74) is 3.91. The lowest BCUT2D eigenvalue weighted by Gasteiger charge is -2.38.